The van der Waals surface area contributed by atoms with Crippen LogP contribution >= 0.6 is 27.7 Å². The molecule has 0 spiro atoms. The molecule has 3 N–H and O–H groups in total. The fraction of sp³-hybridized carbons (Fsp3) is 0.136. The molecule has 5 aromatic rings. The van der Waals surface area contributed by atoms with E-state index in [0.29, 0.717) is 33.4 Å². The van der Waals surface area contributed by atoms with Crippen molar-refractivity contribution < 1.29 is 15.0 Å². The third-order valence-electron chi connectivity index (χ3n) is 5.47. The van der Waals surface area contributed by atoms with Crippen LogP contribution in [-0.4, -0.2) is 40.3 Å². The van der Waals surface area contributed by atoms with E-state index in [1.165, 1.54) is 11.8 Å². The van der Waals surface area contributed by atoms with Crippen LogP contribution in [0.5, 0.6) is 5.75 Å². The van der Waals surface area contributed by atoms with Gasteiger partial charge >= 0.3 is 5.97 Å². The number of rotatable bonds is 6. The zero-order valence-electron chi connectivity index (χ0n) is 16.9. The highest BCUT2D eigenvalue weighted by Gasteiger charge is 2.26. The van der Waals surface area contributed by atoms with E-state index in [-0.39, 0.29) is 11.3 Å². The summed E-state index contributed by atoms with van der Waals surface area (Å²) in [6, 6.07) is 9.50. The van der Waals surface area contributed by atoms with Crippen molar-refractivity contribution in [1.82, 2.24) is 24.1 Å². The normalized spacial score (nSPS) is 11.6. The van der Waals surface area contributed by atoms with E-state index in [9.17, 15) is 15.0 Å². The number of aryl methyl sites for hydroxylation is 1. The maximum Gasteiger partial charge on any atom is 0.338 e. The summed E-state index contributed by atoms with van der Waals surface area (Å²) in [4.78, 5) is 24.3. The number of aromatic carboxylic acids is 1. The van der Waals surface area contributed by atoms with E-state index in [4.69, 9.17) is 0 Å². The molecule has 0 bridgehead atoms. The van der Waals surface area contributed by atoms with Gasteiger partial charge in [0.25, 0.3) is 0 Å². The number of phenolic OH excluding ortho intramolecular Hbond substituents is 1. The molecule has 3 heterocycles. The summed E-state index contributed by atoms with van der Waals surface area (Å²) < 4.78 is 4.17. The standard InChI is InChI=1S/C22H18BrN5O3S/c1-27-16-8-13(23)20(29)12(9-28-7-6-24-11-28)18(16)19(21(30)31)17(27)10-32-22-25-14-4-2-3-5-15(14)26-22/h2-8,11,29H,9-10H2,1H3,(H,25,26)(H,30,31). The average molecular weight is 512 g/mol. The first-order valence-electron chi connectivity index (χ1n) is 9.72. The number of nitrogens with zero attached hydrogens (tertiary/aromatic N) is 4. The first-order valence-corrected chi connectivity index (χ1v) is 11.5. The average Bonchev–Trinajstić information content (AvgIpc) is 3.48. The number of carbonyl (C=O) groups is 1. The molecule has 0 fully saturated rings. The quantitative estimate of drug-likeness (QED) is 0.283. The third-order valence-corrected chi connectivity index (χ3v) is 6.95. The molecule has 0 amide bonds. The van der Waals surface area contributed by atoms with Gasteiger partial charge in [0.1, 0.15) is 5.75 Å². The molecular weight excluding hydrogens is 494 g/mol. The second kappa shape index (κ2) is 8.03. The number of hydrogen-bond donors (Lipinski definition) is 3. The van der Waals surface area contributed by atoms with E-state index in [0.717, 1.165) is 21.7 Å². The van der Waals surface area contributed by atoms with E-state index in [2.05, 4.69) is 30.9 Å². The molecule has 0 saturated carbocycles. The number of phenols is 1. The van der Waals surface area contributed by atoms with E-state index in [1.807, 2.05) is 35.9 Å². The van der Waals surface area contributed by atoms with Crippen LogP contribution in [0.4, 0.5) is 0 Å². The van der Waals surface area contributed by atoms with Gasteiger partial charge in [0.2, 0.25) is 0 Å². The topological polar surface area (TPSA) is 109 Å². The highest BCUT2D eigenvalue weighted by Crippen LogP contribution is 2.40. The number of aromatic amines is 1. The molecule has 0 aliphatic rings. The molecule has 10 heteroatoms. The SMILES string of the molecule is Cn1c(CSc2nc3ccccc3[nH]2)c(C(=O)O)c2c(Cn3ccnc3)c(O)c(Br)cc21. The van der Waals surface area contributed by atoms with Gasteiger partial charge in [-0.2, -0.15) is 0 Å². The van der Waals surface area contributed by atoms with Crippen LogP contribution in [0.15, 0.2) is 58.7 Å². The number of imidazole rings is 2. The Morgan fingerprint density at radius 2 is 2.12 bits per heavy atom. The van der Waals surface area contributed by atoms with Gasteiger partial charge in [-0.3, -0.25) is 0 Å². The van der Waals surface area contributed by atoms with Crippen LogP contribution in [0.1, 0.15) is 21.6 Å². The first-order chi connectivity index (χ1) is 15.4. The number of nitrogens with one attached hydrogen (secondary N) is 1. The molecule has 3 aromatic heterocycles. The zero-order chi connectivity index (χ0) is 22.4. The summed E-state index contributed by atoms with van der Waals surface area (Å²) >= 11 is 4.86. The second-order valence-electron chi connectivity index (χ2n) is 7.35. The van der Waals surface area contributed by atoms with Crippen molar-refractivity contribution in [2.24, 2.45) is 7.05 Å². The van der Waals surface area contributed by atoms with Crippen LogP contribution in [0, 0.1) is 0 Å². The van der Waals surface area contributed by atoms with Gasteiger partial charge in [0, 0.05) is 41.8 Å². The number of carboxylic acid groups (broad SMARTS) is 1. The van der Waals surface area contributed by atoms with Crippen molar-refractivity contribution in [3.05, 3.63) is 70.3 Å². The van der Waals surface area contributed by atoms with Crippen molar-refractivity contribution >= 4 is 55.6 Å². The summed E-state index contributed by atoms with van der Waals surface area (Å²) in [6.07, 6.45) is 5.05. The first kappa shape index (κ1) is 20.7. The Kier molecular flexibility index (Phi) is 5.18. The fourth-order valence-corrected chi connectivity index (χ4v) is 5.34. The molecule has 2 aromatic carbocycles. The maximum absolute atomic E-state index is 12.4. The lowest BCUT2D eigenvalue weighted by Crippen LogP contribution is -2.04. The van der Waals surface area contributed by atoms with Crippen LogP contribution < -0.4 is 0 Å². The van der Waals surface area contributed by atoms with Gasteiger partial charge in [-0.05, 0) is 34.1 Å². The molecule has 0 unspecified atom stereocenters. The summed E-state index contributed by atoms with van der Waals surface area (Å²) in [5, 5.41) is 22.2. The minimum Gasteiger partial charge on any atom is -0.506 e. The van der Waals surface area contributed by atoms with Crippen molar-refractivity contribution in [1.29, 1.82) is 0 Å². The van der Waals surface area contributed by atoms with Gasteiger partial charge in [-0.25, -0.2) is 14.8 Å². The van der Waals surface area contributed by atoms with Gasteiger partial charge < -0.3 is 24.3 Å². The number of fused-ring (bicyclic) bond motifs is 2. The Balaban J connectivity index is 1.63. The number of hydrogen-bond acceptors (Lipinski definition) is 5. The molecule has 0 aliphatic carbocycles. The summed E-state index contributed by atoms with van der Waals surface area (Å²) in [5.74, 6) is -0.615. The Hall–Kier alpha value is -3.24. The maximum atomic E-state index is 12.4. The predicted octanol–water partition coefficient (Wildman–Crippen LogP) is 4.76. The highest BCUT2D eigenvalue weighted by molar-refractivity contribution is 9.10. The molecule has 32 heavy (non-hydrogen) atoms. The third kappa shape index (κ3) is 3.45. The number of benzene rings is 2. The number of carboxylic acids is 1. The Morgan fingerprint density at radius 1 is 1.31 bits per heavy atom. The lowest BCUT2D eigenvalue weighted by molar-refractivity contribution is 0.0698. The Bertz CT molecular complexity index is 1440. The number of halogens is 1. The minimum atomic E-state index is -1.04. The number of aromatic hydroxyl groups is 1. The smallest absolute Gasteiger partial charge is 0.338 e. The monoisotopic (exact) mass is 511 g/mol. The highest BCUT2D eigenvalue weighted by atomic mass is 79.9. The zero-order valence-corrected chi connectivity index (χ0v) is 19.3. The van der Waals surface area contributed by atoms with Crippen LogP contribution in [0.25, 0.3) is 21.9 Å². The van der Waals surface area contributed by atoms with Crippen LogP contribution in [0.2, 0.25) is 0 Å². The number of H-pyrrole nitrogens is 1. The van der Waals surface area contributed by atoms with Crippen LogP contribution in [-0.2, 0) is 19.3 Å². The fourth-order valence-electron chi connectivity index (χ4n) is 3.93. The number of para-hydroxylation sites is 2. The Labute approximate surface area is 195 Å². The lowest BCUT2D eigenvalue weighted by atomic mass is 10.0. The van der Waals surface area contributed by atoms with E-state index in [1.54, 1.807) is 29.4 Å². The lowest BCUT2D eigenvalue weighted by Gasteiger charge is -2.11. The van der Waals surface area contributed by atoms with Gasteiger partial charge in [0.05, 0.1) is 39.5 Å². The summed E-state index contributed by atoms with van der Waals surface area (Å²) in [6.45, 7) is 0.294. The largest absolute Gasteiger partial charge is 0.506 e. The molecule has 162 valence electrons. The molecule has 5 rings (SSSR count). The molecule has 0 saturated heterocycles. The van der Waals surface area contributed by atoms with Crippen LogP contribution in [0.3, 0.4) is 0 Å². The number of thioether (sulfide) groups is 1. The van der Waals surface area contributed by atoms with Crippen molar-refractivity contribution in [3.63, 3.8) is 0 Å². The molecule has 8 nitrogen and oxygen atoms in total. The van der Waals surface area contributed by atoms with Gasteiger partial charge in [-0.15, -0.1) is 0 Å². The van der Waals surface area contributed by atoms with Crippen molar-refractivity contribution in [2.75, 3.05) is 0 Å². The van der Waals surface area contributed by atoms with E-state index < -0.39 is 5.97 Å². The van der Waals surface area contributed by atoms with Crippen molar-refractivity contribution in [2.45, 2.75) is 17.5 Å². The van der Waals surface area contributed by atoms with Gasteiger partial charge in [0.15, 0.2) is 5.16 Å². The summed E-state index contributed by atoms with van der Waals surface area (Å²) in [5.41, 5.74) is 3.87. The minimum absolute atomic E-state index is 0.0239. The number of aromatic nitrogens is 5. The summed E-state index contributed by atoms with van der Waals surface area (Å²) in [7, 11) is 1.84. The van der Waals surface area contributed by atoms with E-state index >= 15 is 0 Å². The van der Waals surface area contributed by atoms with Gasteiger partial charge in [-0.1, -0.05) is 23.9 Å². The predicted molar refractivity (Wildman–Crippen MR) is 126 cm³/mol. The second-order valence-corrected chi connectivity index (χ2v) is 9.17. The Morgan fingerprint density at radius 3 is 2.84 bits per heavy atom. The molecular formula is C22H18BrN5O3S. The molecule has 0 radical (unpaired) electrons. The molecule has 0 aliphatic heterocycles. The molecule has 0 atom stereocenters. The van der Waals surface area contributed by atoms with Crippen molar-refractivity contribution in [3.8, 4) is 5.75 Å².